The molecule has 1 heterocycles. The van der Waals surface area contributed by atoms with Gasteiger partial charge in [-0.3, -0.25) is 0 Å². The fourth-order valence-electron chi connectivity index (χ4n) is 1.69. The van der Waals surface area contributed by atoms with E-state index in [1.54, 1.807) is 0 Å². The number of carbonyl (C=O) groups excluding carboxylic acids is 1. The zero-order chi connectivity index (χ0) is 15.6. The van der Waals surface area contributed by atoms with Crippen molar-refractivity contribution in [2.45, 2.75) is 6.18 Å². The van der Waals surface area contributed by atoms with Crippen LogP contribution in [0.3, 0.4) is 0 Å². The molecule has 0 bridgehead atoms. The van der Waals surface area contributed by atoms with Gasteiger partial charge in [0.05, 0.1) is 17.7 Å². The predicted octanol–water partition coefficient (Wildman–Crippen LogP) is 4.21. The summed E-state index contributed by atoms with van der Waals surface area (Å²) in [6.07, 6.45) is -3.04. The highest BCUT2D eigenvalue weighted by Crippen LogP contribution is 2.31. The first-order valence-corrected chi connectivity index (χ1v) is 6.12. The standard InChI is InChI=1S/C14H9ClF3NO2/c1-21-13(20)12-11(15)6-9(7-19-12)8-2-4-10(5-3-8)14(16,17)18/h2-7H,1H3. The largest absolute Gasteiger partial charge is 0.464 e. The van der Waals surface area contributed by atoms with Gasteiger partial charge >= 0.3 is 12.1 Å². The summed E-state index contributed by atoms with van der Waals surface area (Å²) in [5.41, 5.74) is 0.224. The zero-order valence-electron chi connectivity index (χ0n) is 10.7. The van der Waals surface area contributed by atoms with Crippen LogP contribution in [0.4, 0.5) is 13.2 Å². The molecule has 0 aliphatic carbocycles. The second-order valence-electron chi connectivity index (χ2n) is 4.12. The molecule has 7 heteroatoms. The number of benzene rings is 1. The van der Waals surface area contributed by atoms with Gasteiger partial charge in [-0.1, -0.05) is 23.7 Å². The van der Waals surface area contributed by atoms with Gasteiger partial charge in [0.25, 0.3) is 0 Å². The number of halogens is 4. The number of hydrogen-bond donors (Lipinski definition) is 0. The van der Waals surface area contributed by atoms with Crippen LogP contribution in [0.1, 0.15) is 16.1 Å². The number of aromatic nitrogens is 1. The van der Waals surface area contributed by atoms with E-state index in [9.17, 15) is 18.0 Å². The molecule has 0 saturated carbocycles. The van der Waals surface area contributed by atoms with Crippen molar-refractivity contribution in [3.05, 3.63) is 52.8 Å². The first kappa shape index (κ1) is 15.3. The molecule has 0 unspecified atom stereocenters. The third-order valence-corrected chi connectivity index (χ3v) is 3.05. The normalized spacial score (nSPS) is 11.3. The van der Waals surface area contributed by atoms with Gasteiger partial charge in [0, 0.05) is 11.8 Å². The molecule has 0 spiro atoms. The van der Waals surface area contributed by atoms with Crippen molar-refractivity contribution < 1.29 is 22.7 Å². The minimum absolute atomic E-state index is 0.0465. The molecule has 1 aromatic heterocycles. The lowest BCUT2D eigenvalue weighted by molar-refractivity contribution is -0.137. The summed E-state index contributed by atoms with van der Waals surface area (Å²) in [7, 11) is 1.20. The van der Waals surface area contributed by atoms with Crippen molar-refractivity contribution in [3.8, 4) is 11.1 Å². The van der Waals surface area contributed by atoms with Crippen LogP contribution < -0.4 is 0 Å². The van der Waals surface area contributed by atoms with Crippen molar-refractivity contribution >= 4 is 17.6 Å². The molecule has 2 aromatic rings. The average molecular weight is 316 g/mol. The summed E-state index contributed by atoms with van der Waals surface area (Å²) in [4.78, 5) is 15.2. The molecule has 0 saturated heterocycles. The van der Waals surface area contributed by atoms with Crippen LogP contribution in [-0.2, 0) is 10.9 Å². The third kappa shape index (κ3) is 3.33. The molecule has 0 amide bonds. The highest BCUT2D eigenvalue weighted by molar-refractivity contribution is 6.33. The van der Waals surface area contributed by atoms with Crippen molar-refractivity contribution in [2.75, 3.05) is 7.11 Å². The average Bonchev–Trinajstić information content (AvgIpc) is 2.45. The predicted molar refractivity (Wildman–Crippen MR) is 71.0 cm³/mol. The number of carbonyl (C=O) groups is 1. The Hall–Kier alpha value is -2.08. The Morgan fingerprint density at radius 2 is 1.81 bits per heavy atom. The molecule has 110 valence electrons. The minimum atomic E-state index is -4.39. The fourth-order valence-corrected chi connectivity index (χ4v) is 1.94. The lowest BCUT2D eigenvalue weighted by Gasteiger charge is -2.08. The van der Waals surface area contributed by atoms with Crippen LogP contribution in [0.5, 0.6) is 0 Å². The van der Waals surface area contributed by atoms with E-state index in [0.29, 0.717) is 11.1 Å². The Kier molecular flexibility index (Phi) is 4.18. The van der Waals surface area contributed by atoms with Crippen molar-refractivity contribution in [1.29, 1.82) is 0 Å². The maximum absolute atomic E-state index is 12.5. The number of nitrogens with zero attached hydrogens (tertiary/aromatic N) is 1. The quantitative estimate of drug-likeness (QED) is 0.779. The molecule has 0 aliphatic heterocycles. The third-order valence-electron chi connectivity index (χ3n) is 2.77. The fraction of sp³-hybridized carbons (Fsp3) is 0.143. The number of hydrogen-bond acceptors (Lipinski definition) is 3. The topological polar surface area (TPSA) is 39.2 Å². The minimum Gasteiger partial charge on any atom is -0.464 e. The van der Waals surface area contributed by atoms with Crippen molar-refractivity contribution in [3.63, 3.8) is 0 Å². The second kappa shape index (κ2) is 5.73. The first-order chi connectivity index (χ1) is 9.82. The summed E-state index contributed by atoms with van der Waals surface area (Å²) in [6.45, 7) is 0. The number of rotatable bonds is 2. The highest BCUT2D eigenvalue weighted by Gasteiger charge is 2.30. The van der Waals surface area contributed by atoms with Crippen molar-refractivity contribution in [1.82, 2.24) is 4.98 Å². The number of ether oxygens (including phenoxy) is 1. The van der Waals surface area contributed by atoms with Crippen LogP contribution in [0.2, 0.25) is 5.02 Å². The summed E-state index contributed by atoms with van der Waals surface area (Å²) < 4.78 is 42.0. The Labute approximate surface area is 123 Å². The van der Waals surface area contributed by atoms with Gasteiger partial charge in [-0.05, 0) is 23.8 Å². The van der Waals surface area contributed by atoms with E-state index in [4.69, 9.17) is 11.6 Å². The molecular formula is C14H9ClF3NO2. The molecular weight excluding hydrogens is 307 g/mol. The monoisotopic (exact) mass is 315 g/mol. The number of esters is 1. The lowest BCUT2D eigenvalue weighted by atomic mass is 10.1. The van der Waals surface area contributed by atoms with Gasteiger partial charge in [0.2, 0.25) is 0 Å². The Balaban J connectivity index is 2.35. The number of pyridine rings is 1. The van der Waals surface area contributed by atoms with Crippen LogP contribution in [0.25, 0.3) is 11.1 Å². The maximum atomic E-state index is 12.5. The molecule has 21 heavy (non-hydrogen) atoms. The van der Waals surface area contributed by atoms with Gasteiger partial charge < -0.3 is 4.74 Å². The molecule has 0 atom stereocenters. The molecule has 2 rings (SSSR count). The van der Waals surface area contributed by atoms with Crippen LogP contribution in [-0.4, -0.2) is 18.1 Å². The summed E-state index contributed by atoms with van der Waals surface area (Å²) in [5, 5.41) is 0.0687. The van der Waals surface area contributed by atoms with Gasteiger partial charge in [0.1, 0.15) is 0 Å². The van der Waals surface area contributed by atoms with E-state index in [1.807, 2.05) is 0 Å². The highest BCUT2D eigenvalue weighted by atomic mass is 35.5. The summed E-state index contributed by atoms with van der Waals surface area (Å²) >= 11 is 5.91. The SMILES string of the molecule is COC(=O)c1ncc(-c2ccc(C(F)(F)F)cc2)cc1Cl. The van der Waals surface area contributed by atoms with Gasteiger partial charge in [-0.2, -0.15) is 13.2 Å². The second-order valence-corrected chi connectivity index (χ2v) is 4.53. The Bertz CT molecular complexity index is 669. The lowest BCUT2D eigenvalue weighted by Crippen LogP contribution is -2.05. The van der Waals surface area contributed by atoms with Crippen LogP contribution >= 0.6 is 11.6 Å². The van der Waals surface area contributed by atoms with Gasteiger partial charge in [0.15, 0.2) is 5.69 Å². The molecule has 0 fully saturated rings. The van der Waals surface area contributed by atoms with E-state index in [1.165, 1.54) is 31.5 Å². The Morgan fingerprint density at radius 3 is 2.29 bits per heavy atom. The number of methoxy groups -OCH3 is 1. The first-order valence-electron chi connectivity index (χ1n) is 5.74. The van der Waals surface area contributed by atoms with E-state index in [-0.39, 0.29) is 10.7 Å². The maximum Gasteiger partial charge on any atom is 0.416 e. The van der Waals surface area contributed by atoms with E-state index < -0.39 is 17.7 Å². The molecule has 0 radical (unpaired) electrons. The molecule has 0 aliphatic rings. The number of alkyl halides is 3. The molecule has 1 aromatic carbocycles. The van der Waals surface area contributed by atoms with E-state index >= 15 is 0 Å². The van der Waals surface area contributed by atoms with Gasteiger partial charge in [-0.15, -0.1) is 0 Å². The van der Waals surface area contributed by atoms with E-state index in [2.05, 4.69) is 9.72 Å². The smallest absolute Gasteiger partial charge is 0.416 e. The zero-order valence-corrected chi connectivity index (χ0v) is 11.5. The molecule has 3 nitrogen and oxygen atoms in total. The Morgan fingerprint density at radius 1 is 1.19 bits per heavy atom. The summed E-state index contributed by atoms with van der Waals surface area (Å²) in [6, 6.07) is 6.01. The molecule has 0 N–H and O–H groups in total. The van der Waals surface area contributed by atoms with Crippen molar-refractivity contribution in [2.24, 2.45) is 0 Å². The van der Waals surface area contributed by atoms with Crippen LogP contribution in [0.15, 0.2) is 36.5 Å². The van der Waals surface area contributed by atoms with Gasteiger partial charge in [-0.25, -0.2) is 9.78 Å². The summed E-state index contributed by atoms with van der Waals surface area (Å²) in [5.74, 6) is -0.682. The van der Waals surface area contributed by atoms with Crippen LogP contribution in [0, 0.1) is 0 Å². The van der Waals surface area contributed by atoms with E-state index in [0.717, 1.165) is 12.1 Å².